The third-order valence-electron chi connectivity index (χ3n) is 5.39. The molecule has 1 amide bonds. The van der Waals surface area contributed by atoms with Crippen molar-refractivity contribution in [2.75, 3.05) is 19.7 Å². The zero-order chi connectivity index (χ0) is 17.9. The predicted molar refractivity (Wildman–Crippen MR) is 98.8 cm³/mol. The fourth-order valence-electron chi connectivity index (χ4n) is 3.92. The third-order valence-corrected chi connectivity index (χ3v) is 5.39. The molecule has 0 saturated carbocycles. The van der Waals surface area contributed by atoms with Crippen LogP contribution in [0.15, 0.2) is 30.3 Å². The molecule has 26 heavy (non-hydrogen) atoms. The maximum atomic E-state index is 12.7. The van der Waals surface area contributed by atoms with Crippen molar-refractivity contribution in [2.45, 2.75) is 38.5 Å². The van der Waals surface area contributed by atoms with Crippen molar-refractivity contribution in [3.63, 3.8) is 0 Å². The zero-order valence-electron chi connectivity index (χ0n) is 15.3. The third kappa shape index (κ3) is 3.66. The van der Waals surface area contributed by atoms with Gasteiger partial charge in [-0.25, -0.2) is 0 Å². The molecule has 0 bridgehead atoms. The van der Waals surface area contributed by atoms with Crippen molar-refractivity contribution in [1.82, 2.24) is 20.0 Å². The average molecular weight is 354 g/mol. The molecule has 2 aliphatic heterocycles. The van der Waals surface area contributed by atoms with E-state index >= 15 is 0 Å². The summed E-state index contributed by atoms with van der Waals surface area (Å²) in [5.74, 6) is -0.0612. The number of amides is 1. The molecule has 0 radical (unpaired) electrons. The van der Waals surface area contributed by atoms with Crippen LogP contribution in [0.25, 0.3) is 0 Å². The minimum absolute atomic E-state index is 0.0612. The van der Waals surface area contributed by atoms with Crippen molar-refractivity contribution in [3.05, 3.63) is 52.8 Å². The molecule has 1 aromatic heterocycles. The van der Waals surface area contributed by atoms with Crippen LogP contribution in [0.5, 0.6) is 0 Å². The Balaban J connectivity index is 1.32. The van der Waals surface area contributed by atoms with Gasteiger partial charge in [0.25, 0.3) is 5.91 Å². The summed E-state index contributed by atoms with van der Waals surface area (Å²) in [6.07, 6.45) is 2.78. The van der Waals surface area contributed by atoms with E-state index in [0.29, 0.717) is 18.9 Å². The average Bonchev–Trinajstić information content (AvgIpc) is 3.01. The highest BCUT2D eigenvalue weighted by atomic mass is 16.5. The van der Waals surface area contributed by atoms with E-state index < -0.39 is 0 Å². The molecule has 0 atom stereocenters. The minimum Gasteiger partial charge on any atom is -0.376 e. The molecule has 1 saturated heterocycles. The second kappa shape index (κ2) is 7.60. The highest BCUT2D eigenvalue weighted by Gasteiger charge is 2.27. The van der Waals surface area contributed by atoms with Crippen LogP contribution in [0.2, 0.25) is 0 Å². The van der Waals surface area contributed by atoms with Gasteiger partial charge in [0.15, 0.2) is 5.69 Å². The van der Waals surface area contributed by atoms with E-state index in [0.717, 1.165) is 50.2 Å². The number of carbonyl (C=O) groups is 1. The summed E-state index contributed by atoms with van der Waals surface area (Å²) in [5, 5.41) is 7.63. The molecule has 138 valence electrons. The summed E-state index contributed by atoms with van der Waals surface area (Å²) in [4.78, 5) is 15.2. The number of hydrogen-bond donors (Lipinski definition) is 1. The molecule has 6 heteroatoms. The van der Waals surface area contributed by atoms with Crippen molar-refractivity contribution in [2.24, 2.45) is 7.05 Å². The quantitative estimate of drug-likeness (QED) is 0.911. The molecule has 1 fully saturated rings. The summed E-state index contributed by atoms with van der Waals surface area (Å²) in [6, 6.07) is 10.8. The van der Waals surface area contributed by atoms with Gasteiger partial charge in [0.1, 0.15) is 0 Å². The van der Waals surface area contributed by atoms with E-state index in [4.69, 9.17) is 4.74 Å². The van der Waals surface area contributed by atoms with E-state index in [-0.39, 0.29) is 11.9 Å². The van der Waals surface area contributed by atoms with Gasteiger partial charge in [-0.2, -0.15) is 5.10 Å². The van der Waals surface area contributed by atoms with Gasteiger partial charge in [-0.15, -0.1) is 0 Å². The van der Waals surface area contributed by atoms with Crippen LogP contribution in [0.1, 0.15) is 40.2 Å². The fraction of sp³-hybridized carbons (Fsp3) is 0.500. The van der Waals surface area contributed by atoms with E-state index in [1.54, 1.807) is 0 Å². The normalized spacial score (nSPS) is 18.5. The van der Waals surface area contributed by atoms with Gasteiger partial charge < -0.3 is 10.1 Å². The second-order valence-corrected chi connectivity index (χ2v) is 7.21. The van der Waals surface area contributed by atoms with E-state index in [1.807, 2.05) is 17.8 Å². The van der Waals surface area contributed by atoms with E-state index in [9.17, 15) is 4.79 Å². The highest BCUT2D eigenvalue weighted by molar-refractivity contribution is 5.94. The number of fused-ring (bicyclic) bond motifs is 1. The van der Waals surface area contributed by atoms with Crippen LogP contribution in [0, 0.1) is 0 Å². The first kappa shape index (κ1) is 17.2. The van der Waals surface area contributed by atoms with Crippen molar-refractivity contribution < 1.29 is 9.53 Å². The first-order valence-electron chi connectivity index (χ1n) is 9.40. The number of aromatic nitrogens is 2. The lowest BCUT2D eigenvalue weighted by atomic mass is 10.0. The van der Waals surface area contributed by atoms with Gasteiger partial charge in [-0.05, 0) is 18.4 Å². The molecule has 4 rings (SSSR count). The number of carbonyl (C=O) groups excluding carboxylic acids is 1. The number of nitrogens with zero attached hydrogens (tertiary/aromatic N) is 3. The molecule has 0 spiro atoms. The molecule has 6 nitrogen and oxygen atoms in total. The first-order valence-corrected chi connectivity index (χ1v) is 9.40. The standard InChI is InChI=1S/C20H26N4O2/c1-23-18-9-12-26-14-17(18)19(22-23)20(25)21-16-7-10-24(11-8-16)13-15-5-3-2-4-6-15/h2-6,16H,7-14H2,1H3,(H,21,25). The van der Waals surface area contributed by atoms with Crippen LogP contribution in [0.4, 0.5) is 0 Å². The second-order valence-electron chi connectivity index (χ2n) is 7.21. The minimum atomic E-state index is -0.0612. The largest absolute Gasteiger partial charge is 0.376 e. The smallest absolute Gasteiger partial charge is 0.272 e. The lowest BCUT2D eigenvalue weighted by Gasteiger charge is -2.32. The molecule has 2 aromatic rings. The molecule has 0 aliphatic carbocycles. The Kier molecular flexibility index (Phi) is 5.04. The number of piperidine rings is 1. The number of benzene rings is 1. The lowest BCUT2D eigenvalue weighted by Crippen LogP contribution is -2.44. The number of rotatable bonds is 4. The lowest BCUT2D eigenvalue weighted by molar-refractivity contribution is 0.0884. The first-order chi connectivity index (χ1) is 12.7. The zero-order valence-corrected chi connectivity index (χ0v) is 15.3. The van der Waals surface area contributed by atoms with Crippen LogP contribution >= 0.6 is 0 Å². The molecule has 2 aliphatic rings. The van der Waals surface area contributed by atoms with Gasteiger partial charge in [0.2, 0.25) is 0 Å². The molecular weight excluding hydrogens is 328 g/mol. The highest BCUT2D eigenvalue weighted by Crippen LogP contribution is 2.21. The molecule has 3 heterocycles. The van der Waals surface area contributed by atoms with Gasteiger partial charge in [-0.3, -0.25) is 14.4 Å². The van der Waals surface area contributed by atoms with Crippen LogP contribution in [-0.4, -0.2) is 46.3 Å². The Morgan fingerprint density at radius 2 is 2.04 bits per heavy atom. The number of hydrogen-bond acceptors (Lipinski definition) is 4. The van der Waals surface area contributed by atoms with E-state index in [2.05, 4.69) is 39.6 Å². The predicted octanol–water partition coefficient (Wildman–Crippen LogP) is 1.89. The van der Waals surface area contributed by atoms with Crippen molar-refractivity contribution in [1.29, 1.82) is 0 Å². The molecule has 1 N–H and O–H groups in total. The Labute approximate surface area is 154 Å². The number of likely N-dealkylation sites (tertiary alicyclic amines) is 1. The summed E-state index contributed by atoms with van der Waals surface area (Å²) in [5.41, 5.74) is 3.96. The Bertz CT molecular complexity index is 764. The van der Waals surface area contributed by atoms with Gasteiger partial charge in [0, 0.05) is 50.4 Å². The maximum Gasteiger partial charge on any atom is 0.272 e. The number of ether oxygens (including phenoxy) is 1. The van der Waals surface area contributed by atoms with Gasteiger partial charge >= 0.3 is 0 Å². The topological polar surface area (TPSA) is 59.4 Å². The SMILES string of the molecule is Cn1nc(C(=O)NC2CCN(Cc3ccccc3)CC2)c2c1CCOC2. The molecule has 0 unspecified atom stereocenters. The van der Waals surface area contributed by atoms with Crippen molar-refractivity contribution >= 4 is 5.91 Å². The molecular formula is C20H26N4O2. The summed E-state index contributed by atoms with van der Waals surface area (Å²) in [6.45, 7) is 4.17. The summed E-state index contributed by atoms with van der Waals surface area (Å²) < 4.78 is 7.35. The van der Waals surface area contributed by atoms with Crippen molar-refractivity contribution in [3.8, 4) is 0 Å². The van der Waals surface area contributed by atoms with Crippen LogP contribution in [0.3, 0.4) is 0 Å². The number of nitrogens with one attached hydrogen (secondary N) is 1. The molecule has 1 aromatic carbocycles. The summed E-state index contributed by atoms with van der Waals surface area (Å²) in [7, 11) is 1.91. The Morgan fingerprint density at radius 3 is 2.81 bits per heavy atom. The summed E-state index contributed by atoms with van der Waals surface area (Å²) >= 11 is 0. The van der Waals surface area contributed by atoms with E-state index in [1.165, 1.54) is 5.56 Å². The van der Waals surface area contributed by atoms with Crippen LogP contribution in [-0.2, 0) is 31.4 Å². The van der Waals surface area contributed by atoms with Gasteiger partial charge in [0.05, 0.1) is 13.2 Å². The monoisotopic (exact) mass is 354 g/mol. The Hall–Kier alpha value is -2.18. The number of aryl methyl sites for hydroxylation is 1. The fourth-order valence-corrected chi connectivity index (χ4v) is 3.92. The van der Waals surface area contributed by atoms with Crippen LogP contribution < -0.4 is 5.32 Å². The maximum absolute atomic E-state index is 12.7. The van der Waals surface area contributed by atoms with Gasteiger partial charge in [-0.1, -0.05) is 30.3 Å². The Morgan fingerprint density at radius 1 is 1.27 bits per heavy atom.